The van der Waals surface area contributed by atoms with E-state index in [2.05, 4.69) is 0 Å². The van der Waals surface area contributed by atoms with Crippen LogP contribution in [0, 0.1) is 13.8 Å². The number of carboxylic acid groups (broad SMARTS) is 1. The van der Waals surface area contributed by atoms with E-state index in [1.807, 2.05) is 37.3 Å². The maximum Gasteiger partial charge on any atom is 0.322 e. The van der Waals surface area contributed by atoms with Gasteiger partial charge in [0.15, 0.2) is 0 Å². The monoisotopic (exact) mass is 359 g/mol. The van der Waals surface area contributed by atoms with Crippen LogP contribution in [0.3, 0.4) is 0 Å². The van der Waals surface area contributed by atoms with Crippen LogP contribution < -0.4 is 0 Å². The molecule has 0 saturated carbocycles. The van der Waals surface area contributed by atoms with E-state index in [0.717, 1.165) is 11.1 Å². The van der Waals surface area contributed by atoms with Crippen LogP contribution in [0.1, 0.15) is 35.6 Å². The van der Waals surface area contributed by atoms with Gasteiger partial charge in [-0.2, -0.15) is 4.31 Å². The van der Waals surface area contributed by atoms with E-state index in [4.69, 9.17) is 0 Å². The van der Waals surface area contributed by atoms with Crippen LogP contribution in [0.4, 0.5) is 0 Å². The Labute approximate surface area is 148 Å². The number of rotatable bonds is 4. The van der Waals surface area contributed by atoms with E-state index in [9.17, 15) is 18.3 Å². The van der Waals surface area contributed by atoms with Gasteiger partial charge in [0, 0.05) is 0 Å². The molecule has 1 fully saturated rings. The predicted octanol–water partition coefficient (Wildman–Crippen LogP) is 3.28. The van der Waals surface area contributed by atoms with Crippen molar-refractivity contribution in [3.05, 3.63) is 65.2 Å². The van der Waals surface area contributed by atoms with Gasteiger partial charge in [0.1, 0.15) is 6.04 Å². The van der Waals surface area contributed by atoms with Gasteiger partial charge in [0.2, 0.25) is 10.0 Å². The van der Waals surface area contributed by atoms with E-state index >= 15 is 0 Å². The Morgan fingerprint density at radius 1 is 1.08 bits per heavy atom. The Kier molecular flexibility index (Phi) is 4.67. The third-order valence-electron chi connectivity index (χ3n) is 4.68. The number of carboxylic acids is 1. The summed E-state index contributed by atoms with van der Waals surface area (Å²) < 4.78 is 27.8. The fourth-order valence-corrected chi connectivity index (χ4v) is 5.57. The quantitative estimate of drug-likeness (QED) is 0.909. The summed E-state index contributed by atoms with van der Waals surface area (Å²) in [5.74, 6) is -1.10. The number of carbonyl (C=O) groups is 1. The molecule has 1 heterocycles. The van der Waals surface area contributed by atoms with Gasteiger partial charge in [-0.1, -0.05) is 48.0 Å². The second-order valence-electron chi connectivity index (χ2n) is 6.46. The fourth-order valence-electron chi connectivity index (χ4n) is 3.55. The van der Waals surface area contributed by atoms with Gasteiger partial charge < -0.3 is 5.11 Å². The average molecular weight is 359 g/mol. The summed E-state index contributed by atoms with van der Waals surface area (Å²) in [6, 6.07) is 12.8. The standard InChI is InChI=1S/C19H21NO4S/c1-13-8-11-18(14(2)12-13)25(23,24)20-16(9-10-17(20)19(21)22)15-6-4-3-5-7-15/h3-8,11-12,16-17H,9-10H2,1-2H3,(H,21,22)/t16-,17-/m1/s1. The molecule has 6 heteroatoms. The average Bonchev–Trinajstić information content (AvgIpc) is 3.01. The molecule has 0 radical (unpaired) electrons. The molecule has 1 saturated heterocycles. The first-order valence-electron chi connectivity index (χ1n) is 8.21. The molecular formula is C19H21NO4S. The molecule has 1 N–H and O–H groups in total. The molecule has 3 rings (SSSR count). The Morgan fingerprint density at radius 3 is 2.36 bits per heavy atom. The van der Waals surface area contributed by atoms with Gasteiger partial charge in [-0.15, -0.1) is 0 Å². The molecular weight excluding hydrogens is 338 g/mol. The third kappa shape index (κ3) is 3.19. The number of hydrogen-bond donors (Lipinski definition) is 1. The minimum Gasteiger partial charge on any atom is -0.480 e. The summed E-state index contributed by atoms with van der Waals surface area (Å²) in [6.07, 6.45) is 0.796. The van der Waals surface area contributed by atoms with Gasteiger partial charge in [-0.3, -0.25) is 4.79 Å². The van der Waals surface area contributed by atoms with Crippen LogP contribution in [0.15, 0.2) is 53.4 Å². The maximum absolute atomic E-state index is 13.3. The number of aryl methyl sites for hydroxylation is 2. The van der Waals surface area contributed by atoms with E-state index in [1.54, 1.807) is 25.1 Å². The molecule has 1 aliphatic heterocycles. The first-order chi connectivity index (χ1) is 11.8. The van der Waals surface area contributed by atoms with Crippen LogP contribution in [0.2, 0.25) is 0 Å². The third-order valence-corrected chi connectivity index (χ3v) is 6.76. The topological polar surface area (TPSA) is 74.7 Å². The summed E-state index contributed by atoms with van der Waals surface area (Å²) >= 11 is 0. The van der Waals surface area contributed by atoms with Crippen molar-refractivity contribution in [1.29, 1.82) is 0 Å². The van der Waals surface area contributed by atoms with Crippen LogP contribution in [-0.2, 0) is 14.8 Å². The number of hydrogen-bond acceptors (Lipinski definition) is 3. The van der Waals surface area contributed by atoms with Crippen molar-refractivity contribution in [2.75, 3.05) is 0 Å². The van der Waals surface area contributed by atoms with Crippen molar-refractivity contribution in [3.8, 4) is 0 Å². The second-order valence-corrected chi connectivity index (χ2v) is 8.27. The molecule has 0 bridgehead atoms. The summed E-state index contributed by atoms with van der Waals surface area (Å²) in [7, 11) is -3.93. The highest BCUT2D eigenvalue weighted by molar-refractivity contribution is 7.89. The number of sulfonamides is 1. The molecule has 0 aliphatic carbocycles. The molecule has 0 amide bonds. The van der Waals surface area contributed by atoms with Gasteiger partial charge in [0.25, 0.3) is 0 Å². The SMILES string of the molecule is Cc1ccc(S(=O)(=O)N2[C@@H](C(=O)O)CC[C@@H]2c2ccccc2)c(C)c1. The van der Waals surface area contributed by atoms with Crippen LogP contribution in [-0.4, -0.2) is 29.8 Å². The van der Waals surface area contributed by atoms with Gasteiger partial charge in [-0.05, 0) is 43.9 Å². The van der Waals surface area contributed by atoms with E-state index in [0.29, 0.717) is 18.4 Å². The molecule has 0 unspecified atom stereocenters. The molecule has 2 aromatic rings. The molecule has 5 nitrogen and oxygen atoms in total. The van der Waals surface area contributed by atoms with Gasteiger partial charge in [0.05, 0.1) is 10.9 Å². The van der Waals surface area contributed by atoms with Crippen molar-refractivity contribution >= 4 is 16.0 Å². The molecule has 0 spiro atoms. The molecule has 0 aromatic heterocycles. The normalized spacial score (nSPS) is 21.4. The van der Waals surface area contributed by atoms with Crippen LogP contribution >= 0.6 is 0 Å². The van der Waals surface area contributed by atoms with Crippen molar-refractivity contribution in [3.63, 3.8) is 0 Å². The lowest BCUT2D eigenvalue weighted by atomic mass is 10.1. The summed E-state index contributed by atoms with van der Waals surface area (Å²) in [5.41, 5.74) is 2.41. The number of nitrogens with zero attached hydrogens (tertiary/aromatic N) is 1. The fraction of sp³-hybridized carbons (Fsp3) is 0.316. The minimum absolute atomic E-state index is 0.173. The molecule has 1 aliphatic rings. The van der Waals surface area contributed by atoms with E-state index in [-0.39, 0.29) is 4.90 Å². The van der Waals surface area contributed by atoms with Crippen molar-refractivity contribution in [2.45, 2.75) is 43.7 Å². The summed E-state index contributed by atoms with van der Waals surface area (Å²) in [6.45, 7) is 3.63. The van der Waals surface area contributed by atoms with E-state index < -0.39 is 28.1 Å². The Morgan fingerprint density at radius 2 is 1.76 bits per heavy atom. The molecule has 2 atom stereocenters. The second kappa shape index (κ2) is 6.61. The zero-order valence-corrected chi connectivity index (χ0v) is 15.0. The summed E-state index contributed by atoms with van der Waals surface area (Å²) in [4.78, 5) is 11.9. The van der Waals surface area contributed by atoms with Crippen molar-refractivity contribution < 1.29 is 18.3 Å². The minimum atomic E-state index is -3.93. The van der Waals surface area contributed by atoms with Crippen molar-refractivity contribution in [1.82, 2.24) is 4.31 Å². The lowest BCUT2D eigenvalue weighted by molar-refractivity contribution is -0.140. The largest absolute Gasteiger partial charge is 0.480 e. The molecule has 132 valence electrons. The van der Waals surface area contributed by atoms with Gasteiger partial charge >= 0.3 is 5.97 Å². The zero-order chi connectivity index (χ0) is 18.2. The van der Waals surface area contributed by atoms with Crippen molar-refractivity contribution in [2.24, 2.45) is 0 Å². The highest BCUT2D eigenvalue weighted by Gasteiger charge is 2.46. The predicted molar refractivity (Wildman–Crippen MR) is 94.8 cm³/mol. The van der Waals surface area contributed by atoms with Gasteiger partial charge in [-0.25, -0.2) is 8.42 Å². The Bertz CT molecular complexity index is 893. The van der Waals surface area contributed by atoms with Crippen LogP contribution in [0.25, 0.3) is 0 Å². The lowest BCUT2D eigenvalue weighted by Gasteiger charge is -2.28. The van der Waals surface area contributed by atoms with E-state index in [1.165, 1.54) is 4.31 Å². The highest BCUT2D eigenvalue weighted by atomic mass is 32.2. The molecule has 25 heavy (non-hydrogen) atoms. The van der Waals surface area contributed by atoms with Crippen LogP contribution in [0.5, 0.6) is 0 Å². The number of aliphatic carboxylic acids is 1. The molecule has 2 aromatic carbocycles. The maximum atomic E-state index is 13.3. The Balaban J connectivity index is 2.12. The smallest absolute Gasteiger partial charge is 0.322 e. The first-order valence-corrected chi connectivity index (χ1v) is 9.65. The number of benzene rings is 2. The highest BCUT2D eigenvalue weighted by Crippen LogP contribution is 2.41. The zero-order valence-electron chi connectivity index (χ0n) is 14.2. The first kappa shape index (κ1) is 17.6. The summed E-state index contributed by atoms with van der Waals surface area (Å²) in [5, 5.41) is 9.57. The Hall–Kier alpha value is -2.18. The lowest BCUT2D eigenvalue weighted by Crippen LogP contribution is -2.42.